The predicted octanol–water partition coefficient (Wildman–Crippen LogP) is 1.30. The average Bonchev–Trinajstić information content (AvgIpc) is 2.68. The third-order valence-electron chi connectivity index (χ3n) is 3.90. The van der Waals surface area contributed by atoms with Crippen LogP contribution in [0, 0.1) is 6.92 Å². The second kappa shape index (κ2) is 5.65. The van der Waals surface area contributed by atoms with E-state index in [1.54, 1.807) is 0 Å². The minimum atomic E-state index is 0.688. The van der Waals surface area contributed by atoms with Crippen molar-refractivity contribution in [3.63, 3.8) is 0 Å². The molecule has 0 radical (unpaired) electrons. The van der Waals surface area contributed by atoms with Crippen LogP contribution in [-0.4, -0.2) is 40.4 Å². The Kier molecular flexibility index (Phi) is 4.18. The minimum Gasteiger partial charge on any atom is -0.315 e. The molecule has 1 fully saturated rings. The summed E-state index contributed by atoms with van der Waals surface area (Å²) in [6, 6.07) is 0.688. The van der Waals surface area contributed by atoms with Crippen LogP contribution >= 0.6 is 0 Å². The molecule has 1 atom stereocenters. The van der Waals surface area contributed by atoms with Gasteiger partial charge in [-0.2, -0.15) is 5.10 Å². The smallest absolute Gasteiger partial charge is 0.0537 e. The van der Waals surface area contributed by atoms with Crippen LogP contribution < -0.4 is 5.32 Å². The number of rotatable bonds is 4. The van der Waals surface area contributed by atoms with Crippen LogP contribution in [0.15, 0.2) is 6.20 Å². The summed E-state index contributed by atoms with van der Waals surface area (Å²) in [6.07, 6.45) is 4.63. The molecule has 0 saturated carbocycles. The van der Waals surface area contributed by atoms with Gasteiger partial charge < -0.3 is 5.32 Å². The van der Waals surface area contributed by atoms with E-state index in [9.17, 15) is 0 Å². The second-order valence-electron chi connectivity index (χ2n) is 4.94. The van der Waals surface area contributed by atoms with E-state index in [-0.39, 0.29) is 0 Å². The third-order valence-corrected chi connectivity index (χ3v) is 3.90. The van der Waals surface area contributed by atoms with E-state index >= 15 is 0 Å². The zero-order valence-electron chi connectivity index (χ0n) is 11.2. The summed E-state index contributed by atoms with van der Waals surface area (Å²) in [5, 5.41) is 7.82. The summed E-state index contributed by atoms with van der Waals surface area (Å²) in [5.74, 6) is 0. The van der Waals surface area contributed by atoms with Crippen molar-refractivity contribution >= 4 is 0 Å². The SMILES string of the molecule is CCN(Cc1cnn(C)c1C)C1CCCNC1. The fourth-order valence-corrected chi connectivity index (χ4v) is 2.56. The molecule has 2 rings (SSSR count). The third kappa shape index (κ3) is 2.87. The van der Waals surface area contributed by atoms with Crippen LogP contribution in [0.1, 0.15) is 31.0 Å². The first-order chi connectivity index (χ1) is 8.22. The van der Waals surface area contributed by atoms with Crippen molar-refractivity contribution in [2.45, 2.75) is 39.3 Å². The lowest BCUT2D eigenvalue weighted by Gasteiger charge is -2.33. The molecule has 1 unspecified atom stereocenters. The van der Waals surface area contributed by atoms with Crippen LogP contribution in [0.3, 0.4) is 0 Å². The van der Waals surface area contributed by atoms with Crippen LogP contribution in [0.25, 0.3) is 0 Å². The van der Waals surface area contributed by atoms with E-state index in [2.05, 4.69) is 29.2 Å². The zero-order chi connectivity index (χ0) is 12.3. The van der Waals surface area contributed by atoms with Gasteiger partial charge in [-0.1, -0.05) is 6.92 Å². The number of nitrogens with zero attached hydrogens (tertiary/aromatic N) is 3. The largest absolute Gasteiger partial charge is 0.315 e. The molecule has 2 heterocycles. The first-order valence-electron chi connectivity index (χ1n) is 6.64. The Morgan fingerprint density at radius 1 is 1.59 bits per heavy atom. The molecule has 0 bridgehead atoms. The predicted molar refractivity (Wildman–Crippen MR) is 69.9 cm³/mol. The molecule has 0 spiro atoms. The lowest BCUT2D eigenvalue weighted by Crippen LogP contribution is -2.45. The number of likely N-dealkylation sites (N-methyl/N-ethyl adjacent to an activating group) is 1. The summed E-state index contributed by atoms with van der Waals surface area (Å²) >= 11 is 0. The van der Waals surface area contributed by atoms with Crippen LogP contribution in [0.2, 0.25) is 0 Å². The molecule has 0 aliphatic carbocycles. The van der Waals surface area contributed by atoms with Gasteiger partial charge >= 0.3 is 0 Å². The Morgan fingerprint density at radius 2 is 2.41 bits per heavy atom. The van der Waals surface area contributed by atoms with E-state index in [1.807, 2.05) is 17.9 Å². The fourth-order valence-electron chi connectivity index (χ4n) is 2.56. The maximum absolute atomic E-state index is 4.32. The average molecular weight is 236 g/mol. The van der Waals surface area contributed by atoms with Crippen molar-refractivity contribution in [1.82, 2.24) is 20.0 Å². The molecule has 96 valence electrons. The van der Waals surface area contributed by atoms with Crippen LogP contribution in [0.5, 0.6) is 0 Å². The Morgan fingerprint density at radius 3 is 2.94 bits per heavy atom. The highest BCUT2D eigenvalue weighted by Gasteiger charge is 2.20. The number of piperidine rings is 1. The molecule has 0 amide bonds. The molecule has 1 aromatic rings. The number of aryl methyl sites for hydroxylation is 1. The highest BCUT2D eigenvalue weighted by molar-refractivity contribution is 5.15. The topological polar surface area (TPSA) is 33.1 Å². The monoisotopic (exact) mass is 236 g/mol. The molecule has 4 heteroatoms. The molecular formula is C13H24N4. The van der Waals surface area contributed by atoms with Gasteiger partial charge in [0.25, 0.3) is 0 Å². The summed E-state index contributed by atoms with van der Waals surface area (Å²) in [7, 11) is 2.01. The van der Waals surface area contributed by atoms with Gasteiger partial charge in [0.15, 0.2) is 0 Å². The first-order valence-corrected chi connectivity index (χ1v) is 6.64. The standard InChI is InChI=1S/C13H24N4/c1-4-17(13-6-5-7-14-9-13)10-12-8-15-16(3)11(12)2/h8,13-14H,4-7,9-10H2,1-3H3. The molecule has 1 aliphatic heterocycles. The molecule has 17 heavy (non-hydrogen) atoms. The van der Waals surface area contributed by atoms with Crippen LogP contribution in [-0.2, 0) is 13.6 Å². The number of hydrogen-bond acceptors (Lipinski definition) is 3. The Bertz CT molecular complexity index is 352. The number of hydrogen-bond donors (Lipinski definition) is 1. The van der Waals surface area contributed by atoms with Crippen molar-refractivity contribution in [2.24, 2.45) is 7.05 Å². The molecular weight excluding hydrogens is 212 g/mol. The van der Waals surface area contributed by atoms with Gasteiger partial charge in [-0.25, -0.2) is 0 Å². The number of nitrogens with one attached hydrogen (secondary N) is 1. The summed E-state index contributed by atoms with van der Waals surface area (Å²) in [5.41, 5.74) is 2.65. The maximum atomic E-state index is 4.32. The van der Waals surface area contributed by atoms with Gasteiger partial charge in [0.1, 0.15) is 0 Å². The zero-order valence-corrected chi connectivity index (χ0v) is 11.2. The second-order valence-corrected chi connectivity index (χ2v) is 4.94. The van der Waals surface area contributed by atoms with E-state index < -0.39 is 0 Å². The van der Waals surface area contributed by atoms with Gasteiger partial charge in [-0.3, -0.25) is 9.58 Å². The van der Waals surface area contributed by atoms with Crippen molar-refractivity contribution in [3.8, 4) is 0 Å². The molecule has 1 aliphatic rings. The molecule has 4 nitrogen and oxygen atoms in total. The number of aromatic nitrogens is 2. The van der Waals surface area contributed by atoms with Gasteiger partial charge in [-0.05, 0) is 32.9 Å². The Labute approximate surface area is 104 Å². The van der Waals surface area contributed by atoms with E-state index in [1.165, 1.54) is 30.6 Å². The lowest BCUT2D eigenvalue weighted by molar-refractivity contribution is 0.166. The lowest BCUT2D eigenvalue weighted by atomic mass is 10.1. The normalized spacial score (nSPS) is 21.1. The molecule has 0 aromatic carbocycles. The Hall–Kier alpha value is -0.870. The maximum Gasteiger partial charge on any atom is 0.0537 e. The fraction of sp³-hybridized carbons (Fsp3) is 0.769. The van der Waals surface area contributed by atoms with Gasteiger partial charge in [-0.15, -0.1) is 0 Å². The minimum absolute atomic E-state index is 0.688. The van der Waals surface area contributed by atoms with Crippen LogP contribution in [0.4, 0.5) is 0 Å². The highest BCUT2D eigenvalue weighted by Crippen LogP contribution is 2.15. The first kappa shape index (κ1) is 12.6. The molecule has 1 aromatic heterocycles. The van der Waals surface area contributed by atoms with E-state index in [0.717, 1.165) is 19.6 Å². The van der Waals surface area contributed by atoms with Gasteiger partial charge in [0, 0.05) is 37.4 Å². The van der Waals surface area contributed by atoms with E-state index in [4.69, 9.17) is 0 Å². The quantitative estimate of drug-likeness (QED) is 0.855. The van der Waals surface area contributed by atoms with Gasteiger partial charge in [0.2, 0.25) is 0 Å². The highest BCUT2D eigenvalue weighted by atomic mass is 15.3. The summed E-state index contributed by atoms with van der Waals surface area (Å²) in [4.78, 5) is 2.57. The summed E-state index contributed by atoms with van der Waals surface area (Å²) < 4.78 is 1.96. The van der Waals surface area contributed by atoms with E-state index in [0.29, 0.717) is 6.04 Å². The van der Waals surface area contributed by atoms with Gasteiger partial charge in [0.05, 0.1) is 6.20 Å². The Balaban J connectivity index is 2.01. The molecule has 1 N–H and O–H groups in total. The summed E-state index contributed by atoms with van der Waals surface area (Å²) in [6.45, 7) is 8.85. The van der Waals surface area contributed by atoms with Crippen molar-refractivity contribution in [1.29, 1.82) is 0 Å². The van der Waals surface area contributed by atoms with Crippen molar-refractivity contribution in [3.05, 3.63) is 17.5 Å². The van der Waals surface area contributed by atoms with Crippen molar-refractivity contribution in [2.75, 3.05) is 19.6 Å². The van der Waals surface area contributed by atoms with Crippen molar-refractivity contribution < 1.29 is 0 Å². The molecule has 1 saturated heterocycles.